The average molecular weight is 702 g/mol. The van der Waals surface area contributed by atoms with Crippen molar-refractivity contribution in [1.29, 1.82) is 0 Å². The second kappa shape index (κ2) is 22.9. The van der Waals surface area contributed by atoms with Gasteiger partial charge in [-0.25, -0.2) is 0 Å². The second-order valence-electron chi connectivity index (χ2n) is 14.0. The van der Waals surface area contributed by atoms with E-state index >= 15 is 0 Å². The highest BCUT2D eigenvalue weighted by atomic mass is 16.2. The molecule has 2 saturated heterocycles. The van der Waals surface area contributed by atoms with Crippen LogP contribution in [0.1, 0.15) is 151 Å². The minimum Gasteiger partial charge on any atom is -0.342 e. The van der Waals surface area contributed by atoms with Crippen molar-refractivity contribution in [2.75, 3.05) is 39.4 Å². The number of hydrogen-bond donors (Lipinski definition) is 1. The van der Waals surface area contributed by atoms with Gasteiger partial charge in [0.1, 0.15) is 17.2 Å². The largest absolute Gasteiger partial charge is 0.342 e. The first-order valence-corrected chi connectivity index (χ1v) is 20.2. The number of carbonyl (C=O) groups excluding carboxylic acids is 4. The predicted molar refractivity (Wildman–Crippen MR) is 204 cm³/mol. The lowest BCUT2D eigenvalue weighted by atomic mass is 9.87. The summed E-state index contributed by atoms with van der Waals surface area (Å²) in [5, 5.41) is 0. The lowest BCUT2D eigenvalue weighted by Gasteiger charge is -2.37. The van der Waals surface area contributed by atoms with E-state index in [0.29, 0.717) is 44.9 Å². The molecule has 0 aromatic carbocycles. The topological polar surface area (TPSA) is 132 Å². The third kappa shape index (κ3) is 11.6. The van der Waals surface area contributed by atoms with E-state index in [4.69, 9.17) is 15.7 Å². The Morgan fingerprint density at radius 2 is 1.60 bits per heavy atom. The summed E-state index contributed by atoms with van der Waals surface area (Å²) in [4.78, 5) is 66.4. The molecule has 1 unspecified atom stereocenters. The normalized spacial score (nSPS) is 20.7. The van der Waals surface area contributed by atoms with Gasteiger partial charge < -0.3 is 20.4 Å². The molecule has 1 aliphatic carbocycles. The van der Waals surface area contributed by atoms with E-state index in [1.165, 1.54) is 12.8 Å². The van der Waals surface area contributed by atoms with E-state index in [1.807, 2.05) is 30.6 Å². The SMILES string of the molecule is CC.CCCCC(=NC1CCCN(C(=O)C(CC)CC)C1)N(C=O)CC.CCCCC1=NC2(CCN(C(=O)C3CCCC3)CC2)C(=O)N1CN. The number of aliphatic imine (C=N–C) groups is 2. The number of nitrogens with zero attached hydrogens (tertiary/aromatic N) is 6. The lowest BCUT2D eigenvalue weighted by Crippen LogP contribution is -2.52. The first kappa shape index (κ1) is 43.3. The Bertz CT molecular complexity index is 1110. The summed E-state index contributed by atoms with van der Waals surface area (Å²) in [5.41, 5.74) is 5.14. The summed E-state index contributed by atoms with van der Waals surface area (Å²) < 4.78 is 0. The fourth-order valence-electron chi connectivity index (χ4n) is 7.59. The van der Waals surface area contributed by atoms with Crippen molar-refractivity contribution in [2.45, 2.75) is 163 Å². The minimum atomic E-state index is -0.658. The lowest BCUT2D eigenvalue weighted by molar-refractivity contribution is -0.140. The Morgan fingerprint density at radius 3 is 2.14 bits per heavy atom. The van der Waals surface area contributed by atoms with Gasteiger partial charge in [-0.2, -0.15) is 0 Å². The van der Waals surface area contributed by atoms with Gasteiger partial charge in [-0.05, 0) is 71.1 Å². The van der Waals surface area contributed by atoms with Crippen molar-refractivity contribution in [2.24, 2.45) is 27.6 Å². The molecule has 3 aliphatic heterocycles. The molecule has 3 heterocycles. The number of hydrogen-bond acceptors (Lipinski definition) is 7. The van der Waals surface area contributed by atoms with Crippen molar-refractivity contribution in [3.05, 3.63) is 0 Å². The number of likely N-dealkylation sites (tertiary alicyclic amines) is 2. The Morgan fingerprint density at radius 1 is 0.960 bits per heavy atom. The van der Waals surface area contributed by atoms with Gasteiger partial charge in [-0.15, -0.1) is 0 Å². The number of rotatable bonds is 14. The molecule has 1 saturated carbocycles. The van der Waals surface area contributed by atoms with Crippen LogP contribution in [0, 0.1) is 11.8 Å². The highest BCUT2D eigenvalue weighted by Gasteiger charge is 2.50. The summed E-state index contributed by atoms with van der Waals surface area (Å²) >= 11 is 0. The van der Waals surface area contributed by atoms with Gasteiger partial charge in [0.05, 0.1) is 12.7 Å². The summed E-state index contributed by atoms with van der Waals surface area (Å²) in [7, 11) is 0. The van der Waals surface area contributed by atoms with E-state index in [9.17, 15) is 19.2 Å². The number of nitrogens with two attached hydrogens (primary N) is 1. The monoisotopic (exact) mass is 702 g/mol. The Labute approximate surface area is 303 Å². The molecule has 1 atom stereocenters. The van der Waals surface area contributed by atoms with Gasteiger partial charge in [0, 0.05) is 57.4 Å². The van der Waals surface area contributed by atoms with Gasteiger partial charge in [0.15, 0.2) is 0 Å². The average Bonchev–Trinajstić information content (AvgIpc) is 3.78. The fourth-order valence-corrected chi connectivity index (χ4v) is 7.59. The molecule has 4 rings (SSSR count). The number of amidine groups is 2. The fraction of sp³-hybridized carbons (Fsp3) is 0.846. The second-order valence-corrected chi connectivity index (χ2v) is 14.0. The molecule has 0 aromatic heterocycles. The van der Waals surface area contributed by atoms with Crippen LogP contribution in [0.15, 0.2) is 9.98 Å². The van der Waals surface area contributed by atoms with Crippen LogP contribution in [-0.2, 0) is 19.2 Å². The van der Waals surface area contributed by atoms with Crippen LogP contribution in [0.4, 0.5) is 0 Å². The maximum absolute atomic E-state index is 12.8. The van der Waals surface area contributed by atoms with Crippen molar-refractivity contribution in [1.82, 2.24) is 19.6 Å². The first-order chi connectivity index (χ1) is 24.2. The summed E-state index contributed by atoms with van der Waals surface area (Å²) in [6.45, 7) is 18.1. The zero-order valence-electron chi connectivity index (χ0n) is 32.8. The predicted octanol–water partition coefficient (Wildman–Crippen LogP) is 6.39. The number of piperidine rings is 2. The van der Waals surface area contributed by atoms with Crippen molar-refractivity contribution < 1.29 is 19.2 Å². The maximum atomic E-state index is 12.8. The van der Waals surface area contributed by atoms with Gasteiger partial charge in [0.2, 0.25) is 18.2 Å². The number of unbranched alkanes of at least 4 members (excludes halogenated alkanes) is 2. The smallest absolute Gasteiger partial charge is 0.257 e. The van der Waals surface area contributed by atoms with Crippen LogP contribution in [0.3, 0.4) is 0 Å². The van der Waals surface area contributed by atoms with E-state index in [0.717, 1.165) is 102 Å². The van der Waals surface area contributed by atoms with E-state index in [2.05, 4.69) is 27.7 Å². The third-order valence-electron chi connectivity index (χ3n) is 10.8. The Kier molecular flexibility index (Phi) is 19.8. The van der Waals surface area contributed by atoms with E-state index < -0.39 is 5.54 Å². The molecule has 0 aromatic rings. The van der Waals surface area contributed by atoms with Gasteiger partial charge in [0.25, 0.3) is 5.91 Å². The van der Waals surface area contributed by atoms with Crippen molar-refractivity contribution >= 4 is 35.8 Å². The molecule has 0 radical (unpaired) electrons. The van der Waals surface area contributed by atoms with Crippen molar-refractivity contribution in [3.63, 3.8) is 0 Å². The summed E-state index contributed by atoms with van der Waals surface area (Å²) in [6, 6.07) is 0.123. The number of carbonyl (C=O) groups is 4. The van der Waals surface area contributed by atoms with Crippen LogP contribution in [0.2, 0.25) is 0 Å². The molecule has 1 spiro atoms. The Hall–Kier alpha value is -2.82. The van der Waals surface area contributed by atoms with Gasteiger partial charge >= 0.3 is 0 Å². The summed E-state index contributed by atoms with van der Waals surface area (Å²) in [5.74, 6) is 2.69. The number of amides is 4. The highest BCUT2D eigenvalue weighted by Crippen LogP contribution is 2.36. The molecule has 4 amide bonds. The molecule has 50 heavy (non-hydrogen) atoms. The van der Waals surface area contributed by atoms with Crippen LogP contribution < -0.4 is 5.73 Å². The summed E-state index contributed by atoms with van der Waals surface area (Å²) in [6.07, 6.45) is 16.2. The van der Waals surface area contributed by atoms with E-state index in [-0.39, 0.29) is 36.4 Å². The molecular formula is C39H71N7O4. The molecule has 11 nitrogen and oxygen atoms in total. The molecule has 2 N–H and O–H groups in total. The molecule has 4 aliphatic rings. The zero-order chi connectivity index (χ0) is 37.1. The standard InChI is InChI=1S/C19H35N3O2.C18H30N4O2.C2H6/c1-5-9-12-18(21(8-4)15-23)20-17-11-10-13-22(14-17)19(24)16(6-2)7-3;1-2-3-8-15-20-18(17(24)22(15)13-19)9-11-21(12-10-18)16(23)14-6-4-5-7-14;1-2/h15-17H,5-14H2,1-4H3;14H,2-13,19H2,1H3;1-2H3. The van der Waals surface area contributed by atoms with Crippen LogP contribution in [0.25, 0.3) is 0 Å². The van der Waals surface area contributed by atoms with E-state index in [1.54, 1.807) is 9.80 Å². The third-order valence-corrected chi connectivity index (χ3v) is 10.8. The van der Waals surface area contributed by atoms with Crippen molar-refractivity contribution in [3.8, 4) is 0 Å². The quantitative estimate of drug-likeness (QED) is 0.127. The van der Waals surface area contributed by atoms with Gasteiger partial charge in [-0.1, -0.05) is 67.2 Å². The van der Waals surface area contributed by atoms with Crippen LogP contribution in [0.5, 0.6) is 0 Å². The maximum Gasteiger partial charge on any atom is 0.257 e. The molecule has 286 valence electrons. The molecule has 11 heteroatoms. The van der Waals surface area contributed by atoms with Gasteiger partial charge in [-0.3, -0.25) is 34.1 Å². The Balaban J connectivity index is 0.000000330. The minimum absolute atomic E-state index is 0.0454. The molecule has 0 bridgehead atoms. The van der Waals surface area contributed by atoms with Crippen LogP contribution >= 0.6 is 0 Å². The highest BCUT2D eigenvalue weighted by molar-refractivity contribution is 6.08. The molecular weight excluding hydrogens is 630 g/mol. The van der Waals surface area contributed by atoms with Crippen LogP contribution in [-0.4, -0.2) is 106 Å². The first-order valence-electron chi connectivity index (χ1n) is 20.2. The molecule has 3 fully saturated rings. The zero-order valence-corrected chi connectivity index (χ0v) is 32.8.